The van der Waals surface area contributed by atoms with Crippen LogP contribution in [0.25, 0.3) is 0 Å². The summed E-state index contributed by atoms with van der Waals surface area (Å²) in [6.45, 7) is 3.11. The van der Waals surface area contributed by atoms with Gasteiger partial charge in [-0.15, -0.1) is 0 Å². The monoisotopic (exact) mass is 505 g/mol. The molecule has 0 spiro atoms. The van der Waals surface area contributed by atoms with Gasteiger partial charge in [-0.05, 0) is 55.4 Å². The van der Waals surface area contributed by atoms with Crippen LogP contribution in [0.5, 0.6) is 5.75 Å². The smallest absolute Gasteiger partial charge is 0.325 e. The molecule has 1 amide bonds. The van der Waals surface area contributed by atoms with Crippen molar-refractivity contribution in [1.29, 1.82) is 0 Å². The number of ether oxygens (including phenoxy) is 1. The van der Waals surface area contributed by atoms with Gasteiger partial charge >= 0.3 is 5.97 Å². The zero-order valence-corrected chi connectivity index (χ0v) is 21.0. The van der Waals surface area contributed by atoms with E-state index in [1.165, 1.54) is 18.4 Å². The molecule has 0 bridgehead atoms. The largest absolute Gasteiger partial charge is 0.504 e. The molecule has 0 saturated carbocycles. The lowest BCUT2D eigenvalue weighted by Gasteiger charge is -2.33. The number of aromatic amines is 1. The third-order valence-electron chi connectivity index (χ3n) is 6.58. The normalized spacial score (nSPS) is 13.8. The Hall–Kier alpha value is -4.21. The lowest BCUT2D eigenvalue weighted by molar-refractivity contribution is -0.139. The van der Waals surface area contributed by atoms with Gasteiger partial charge in [0.05, 0.1) is 12.8 Å². The van der Waals surface area contributed by atoms with E-state index in [-0.39, 0.29) is 23.5 Å². The molecule has 1 aliphatic heterocycles. The van der Waals surface area contributed by atoms with Crippen molar-refractivity contribution < 1.29 is 19.4 Å². The minimum Gasteiger partial charge on any atom is -0.504 e. The molecule has 1 saturated heterocycles. The first-order chi connectivity index (χ1) is 17.8. The quantitative estimate of drug-likeness (QED) is 0.396. The number of anilines is 1. The van der Waals surface area contributed by atoms with Gasteiger partial charge in [-0.25, -0.2) is 9.97 Å². The molecule has 3 aromatic rings. The highest BCUT2D eigenvalue weighted by Gasteiger charge is 2.23. The molecular formula is C27H31N5O5. The lowest BCUT2D eigenvalue weighted by atomic mass is 9.92. The van der Waals surface area contributed by atoms with Gasteiger partial charge < -0.3 is 25.0 Å². The number of aromatic nitrogens is 3. The van der Waals surface area contributed by atoms with Crippen LogP contribution < -0.4 is 15.8 Å². The summed E-state index contributed by atoms with van der Waals surface area (Å²) in [5.74, 6) is -0.665. The molecule has 3 N–H and O–H groups in total. The number of aromatic hydroxyl groups is 1. The first-order valence-corrected chi connectivity index (χ1v) is 12.3. The predicted molar refractivity (Wildman–Crippen MR) is 138 cm³/mol. The minimum atomic E-state index is -0.645. The van der Waals surface area contributed by atoms with Crippen molar-refractivity contribution in [2.75, 3.05) is 31.6 Å². The highest BCUT2D eigenvalue weighted by Crippen LogP contribution is 2.27. The average Bonchev–Trinajstić information content (AvgIpc) is 2.91. The molecule has 1 aliphatic rings. The average molecular weight is 506 g/mol. The summed E-state index contributed by atoms with van der Waals surface area (Å²) in [4.78, 5) is 48.7. The fourth-order valence-corrected chi connectivity index (χ4v) is 4.45. The van der Waals surface area contributed by atoms with Crippen LogP contribution in [-0.2, 0) is 22.4 Å². The Balaban J connectivity index is 1.33. The zero-order valence-electron chi connectivity index (χ0n) is 21.0. The maximum Gasteiger partial charge on any atom is 0.325 e. The lowest BCUT2D eigenvalue weighted by Crippen LogP contribution is -2.34. The topological polar surface area (TPSA) is 138 Å². The number of carbonyl (C=O) groups is 2. The van der Waals surface area contributed by atoms with Crippen molar-refractivity contribution >= 4 is 17.6 Å². The predicted octanol–water partition coefficient (Wildman–Crippen LogP) is 2.13. The maximum atomic E-state index is 12.4. The number of rotatable bonds is 8. The summed E-state index contributed by atoms with van der Waals surface area (Å²) < 4.78 is 4.53. The number of hydrogen-bond acceptors (Lipinski definition) is 8. The van der Waals surface area contributed by atoms with E-state index >= 15 is 0 Å². The summed E-state index contributed by atoms with van der Waals surface area (Å²) in [5, 5.41) is 12.7. The highest BCUT2D eigenvalue weighted by molar-refractivity contribution is 5.96. The van der Waals surface area contributed by atoms with Crippen LogP contribution in [-0.4, -0.2) is 58.7 Å². The van der Waals surface area contributed by atoms with E-state index in [2.05, 4.69) is 54.2 Å². The SMILES string of the molecule is COC(=O)CNC(=O)c1nc(CC2CCN(c3ccc(Cc4ccc(=O)[nH]c4)cc3)CC2)nc(C)c1O. The van der Waals surface area contributed by atoms with Crippen LogP contribution >= 0.6 is 0 Å². The van der Waals surface area contributed by atoms with Gasteiger partial charge in [0, 0.05) is 37.5 Å². The fourth-order valence-electron chi connectivity index (χ4n) is 4.45. The van der Waals surface area contributed by atoms with E-state index < -0.39 is 11.9 Å². The Morgan fingerprint density at radius 2 is 1.81 bits per heavy atom. The van der Waals surface area contributed by atoms with E-state index in [0.717, 1.165) is 37.9 Å². The van der Waals surface area contributed by atoms with Gasteiger partial charge in [0.15, 0.2) is 11.4 Å². The number of H-pyrrole nitrogens is 1. The van der Waals surface area contributed by atoms with Gasteiger partial charge in [-0.2, -0.15) is 0 Å². The number of methoxy groups -OCH3 is 1. The Labute approximate surface area is 214 Å². The first kappa shape index (κ1) is 25.9. The van der Waals surface area contributed by atoms with E-state index in [1.54, 1.807) is 19.2 Å². The Kier molecular flexibility index (Phi) is 8.17. The van der Waals surface area contributed by atoms with E-state index in [9.17, 15) is 19.5 Å². The zero-order chi connectivity index (χ0) is 26.4. The Morgan fingerprint density at radius 3 is 2.46 bits per heavy atom. The standard InChI is InChI=1S/C27H31N5O5/c1-17-26(35)25(27(36)29-16-24(34)37-2)31-22(30-17)14-19-9-11-32(12-10-19)21-6-3-18(4-7-21)13-20-5-8-23(33)28-15-20/h3-8,15,19,35H,9-14,16H2,1-2H3,(H,28,33)(H,29,36). The fraction of sp³-hybridized carbons (Fsp3) is 0.370. The van der Waals surface area contributed by atoms with Crippen LogP contribution in [0.4, 0.5) is 5.69 Å². The number of piperidine rings is 1. The molecule has 0 atom stereocenters. The number of aryl methyl sites for hydroxylation is 1. The summed E-state index contributed by atoms with van der Waals surface area (Å²) in [7, 11) is 1.23. The molecule has 1 aromatic carbocycles. The van der Waals surface area contributed by atoms with Crippen molar-refractivity contribution in [2.45, 2.75) is 32.6 Å². The molecule has 0 radical (unpaired) electrons. The molecule has 10 heteroatoms. The van der Waals surface area contributed by atoms with Crippen LogP contribution in [0, 0.1) is 12.8 Å². The highest BCUT2D eigenvalue weighted by atomic mass is 16.5. The molecule has 0 unspecified atom stereocenters. The molecule has 4 rings (SSSR count). The number of esters is 1. The Morgan fingerprint density at radius 1 is 1.11 bits per heavy atom. The molecule has 37 heavy (non-hydrogen) atoms. The molecule has 10 nitrogen and oxygen atoms in total. The van der Waals surface area contributed by atoms with Crippen molar-refractivity contribution in [3.63, 3.8) is 0 Å². The van der Waals surface area contributed by atoms with Crippen LogP contribution in [0.15, 0.2) is 47.4 Å². The molecule has 3 heterocycles. The van der Waals surface area contributed by atoms with E-state index in [1.807, 2.05) is 6.07 Å². The van der Waals surface area contributed by atoms with E-state index in [4.69, 9.17) is 0 Å². The number of benzene rings is 1. The van der Waals surface area contributed by atoms with Crippen LogP contribution in [0.3, 0.4) is 0 Å². The maximum absolute atomic E-state index is 12.4. The molecule has 2 aromatic heterocycles. The Bertz CT molecular complexity index is 1290. The van der Waals surface area contributed by atoms with Crippen molar-refractivity contribution in [1.82, 2.24) is 20.3 Å². The minimum absolute atomic E-state index is 0.101. The summed E-state index contributed by atoms with van der Waals surface area (Å²) in [5.41, 5.74) is 3.50. The van der Waals surface area contributed by atoms with Crippen molar-refractivity contribution in [2.24, 2.45) is 5.92 Å². The summed E-state index contributed by atoms with van der Waals surface area (Å²) in [6.07, 6.45) is 5.01. The third kappa shape index (κ3) is 6.72. The number of nitrogens with one attached hydrogen (secondary N) is 2. The van der Waals surface area contributed by atoms with Gasteiger partial charge in [-0.3, -0.25) is 14.4 Å². The molecular weight excluding hydrogens is 474 g/mol. The van der Waals surface area contributed by atoms with Gasteiger partial charge in [-0.1, -0.05) is 18.2 Å². The first-order valence-electron chi connectivity index (χ1n) is 12.3. The van der Waals surface area contributed by atoms with Crippen LogP contribution in [0.2, 0.25) is 0 Å². The molecule has 0 aliphatic carbocycles. The second-order valence-electron chi connectivity index (χ2n) is 9.22. The number of pyridine rings is 1. The second kappa shape index (κ2) is 11.7. The van der Waals surface area contributed by atoms with Gasteiger partial charge in [0.1, 0.15) is 12.4 Å². The third-order valence-corrected chi connectivity index (χ3v) is 6.58. The number of nitrogens with zero attached hydrogens (tertiary/aromatic N) is 3. The van der Waals surface area contributed by atoms with Gasteiger partial charge in [0.2, 0.25) is 5.56 Å². The molecule has 194 valence electrons. The van der Waals surface area contributed by atoms with Crippen molar-refractivity contribution in [3.8, 4) is 5.75 Å². The number of hydrogen-bond donors (Lipinski definition) is 3. The molecule has 1 fully saturated rings. The van der Waals surface area contributed by atoms with Crippen molar-refractivity contribution in [3.05, 3.63) is 81.3 Å². The summed E-state index contributed by atoms with van der Waals surface area (Å²) >= 11 is 0. The van der Waals surface area contributed by atoms with E-state index in [0.29, 0.717) is 23.9 Å². The van der Waals surface area contributed by atoms with Crippen LogP contribution in [0.1, 0.15) is 46.0 Å². The van der Waals surface area contributed by atoms with Gasteiger partial charge in [0.25, 0.3) is 5.91 Å². The second-order valence-corrected chi connectivity index (χ2v) is 9.22. The number of amides is 1. The summed E-state index contributed by atoms with van der Waals surface area (Å²) in [6, 6.07) is 11.9. The number of carbonyl (C=O) groups excluding carboxylic acids is 2.